The molecule has 1 unspecified atom stereocenters. The molecule has 2 heterocycles. The monoisotopic (exact) mass is 454 g/mol. The lowest BCUT2D eigenvalue weighted by Gasteiger charge is -2.14. The second-order valence-electron chi connectivity index (χ2n) is 6.90. The number of aromatic nitrogens is 2. The molecule has 6 nitrogen and oxygen atoms in total. The summed E-state index contributed by atoms with van der Waals surface area (Å²) < 4.78 is 48.9. The summed E-state index contributed by atoms with van der Waals surface area (Å²) in [5.41, 5.74) is 4.41. The number of nitrogen functional groups attached to an aromatic ring is 1. The van der Waals surface area contributed by atoms with Gasteiger partial charge in [0.25, 0.3) is 5.91 Å². The second-order valence-corrected chi connectivity index (χ2v) is 9.37. The van der Waals surface area contributed by atoms with Crippen molar-refractivity contribution in [3.63, 3.8) is 0 Å². The maximum absolute atomic E-state index is 12.7. The molecule has 11 heteroatoms. The molecule has 4 rings (SSSR count). The van der Waals surface area contributed by atoms with Crippen molar-refractivity contribution in [3.8, 4) is 0 Å². The predicted octanol–water partition coefficient (Wildman–Crippen LogP) is 3.71. The van der Waals surface area contributed by atoms with Gasteiger partial charge in [-0.15, -0.1) is 16.4 Å². The number of carbonyl (C=O) groups is 1. The Kier molecular flexibility index (Phi) is 5.49. The maximum atomic E-state index is 12.7. The summed E-state index contributed by atoms with van der Waals surface area (Å²) in [6.07, 6.45) is 3.80. The Morgan fingerprint density at radius 3 is 2.57 bits per heavy atom. The molecule has 0 spiro atoms. The summed E-state index contributed by atoms with van der Waals surface area (Å²) in [5.74, 6) is -0.386. The smallest absolute Gasteiger partial charge is 0.397 e. The number of fused-ring (bicyclic) bond motifs is 3. The number of hydrogen-bond acceptors (Lipinski definition) is 6. The highest BCUT2D eigenvalue weighted by molar-refractivity contribution is 7.86. The standard InChI is InChI=1S/C19H17F3N4O2S2/c20-19(21,22)30(28)11-7-5-10(6-8-11)9-24-17(27)16-15(23)14-12-3-1-2-4-13(12)25-26-18(14)29-16/h5-8H,1-4,9,23H2,(H,24,27). The maximum Gasteiger partial charge on any atom is 0.475 e. The second kappa shape index (κ2) is 7.95. The normalized spacial score (nSPS) is 15.0. The van der Waals surface area contributed by atoms with Gasteiger partial charge in [-0.05, 0) is 48.9 Å². The van der Waals surface area contributed by atoms with Crippen molar-refractivity contribution in [2.45, 2.75) is 42.6 Å². The fourth-order valence-corrected chi connectivity index (χ4v) is 5.10. The Hall–Kier alpha value is -2.53. The predicted molar refractivity (Wildman–Crippen MR) is 109 cm³/mol. The van der Waals surface area contributed by atoms with E-state index in [1.807, 2.05) is 0 Å². The van der Waals surface area contributed by atoms with Crippen LogP contribution in [0.15, 0.2) is 29.2 Å². The van der Waals surface area contributed by atoms with E-state index in [1.165, 1.54) is 23.5 Å². The summed E-state index contributed by atoms with van der Waals surface area (Å²) in [7, 11) is -3.08. The largest absolute Gasteiger partial charge is 0.475 e. The number of thiophene rings is 1. The Labute approximate surface area is 176 Å². The van der Waals surface area contributed by atoms with E-state index in [-0.39, 0.29) is 17.3 Å². The van der Waals surface area contributed by atoms with E-state index >= 15 is 0 Å². The minimum Gasteiger partial charge on any atom is -0.397 e. The molecule has 0 saturated carbocycles. The minimum absolute atomic E-state index is 0.0925. The Morgan fingerprint density at radius 2 is 1.87 bits per heavy atom. The molecule has 1 aliphatic rings. The Balaban J connectivity index is 1.50. The number of amides is 1. The number of anilines is 1. The molecule has 1 aromatic carbocycles. The number of halogens is 3. The first-order valence-electron chi connectivity index (χ1n) is 9.18. The molecular formula is C19H17F3N4O2S2. The molecule has 3 aromatic rings. The van der Waals surface area contributed by atoms with Crippen LogP contribution in [0.5, 0.6) is 0 Å². The number of nitrogens with two attached hydrogens (primary N) is 1. The van der Waals surface area contributed by atoms with E-state index in [2.05, 4.69) is 15.5 Å². The van der Waals surface area contributed by atoms with E-state index in [9.17, 15) is 22.2 Å². The van der Waals surface area contributed by atoms with Crippen molar-refractivity contribution in [1.82, 2.24) is 15.5 Å². The van der Waals surface area contributed by atoms with Gasteiger partial charge < -0.3 is 11.1 Å². The number of benzene rings is 1. The summed E-state index contributed by atoms with van der Waals surface area (Å²) >= 11 is 1.17. The van der Waals surface area contributed by atoms with Crippen LogP contribution in [0.4, 0.5) is 18.9 Å². The molecule has 0 saturated heterocycles. The zero-order valence-electron chi connectivity index (χ0n) is 15.6. The highest BCUT2D eigenvalue weighted by Gasteiger charge is 2.37. The minimum atomic E-state index is -4.81. The third-order valence-corrected chi connectivity index (χ3v) is 7.14. The van der Waals surface area contributed by atoms with Gasteiger partial charge in [-0.2, -0.15) is 18.3 Å². The topological polar surface area (TPSA) is 98.0 Å². The molecule has 0 bridgehead atoms. The molecule has 0 radical (unpaired) electrons. The van der Waals surface area contributed by atoms with Crippen LogP contribution in [-0.2, 0) is 30.2 Å². The number of carbonyl (C=O) groups excluding carboxylic acids is 1. The number of alkyl halides is 3. The summed E-state index contributed by atoms with van der Waals surface area (Å²) in [4.78, 5) is 13.3. The van der Waals surface area contributed by atoms with E-state index < -0.39 is 16.3 Å². The third-order valence-electron chi connectivity index (χ3n) is 4.94. The van der Waals surface area contributed by atoms with Crippen LogP contribution in [0.2, 0.25) is 0 Å². The SMILES string of the molecule is Nc1c(C(=O)NCc2ccc(S(=O)C(F)(F)F)cc2)sc2nnc3c(c12)CCCC3. The van der Waals surface area contributed by atoms with Crippen LogP contribution in [0, 0.1) is 0 Å². The van der Waals surface area contributed by atoms with Crippen LogP contribution in [0.1, 0.15) is 39.3 Å². The van der Waals surface area contributed by atoms with Crippen LogP contribution >= 0.6 is 11.3 Å². The number of hydrogen-bond donors (Lipinski definition) is 2. The van der Waals surface area contributed by atoms with Crippen molar-refractivity contribution < 1.29 is 22.2 Å². The van der Waals surface area contributed by atoms with E-state index in [1.54, 1.807) is 0 Å². The van der Waals surface area contributed by atoms with Crippen molar-refractivity contribution in [2.75, 3.05) is 5.73 Å². The summed E-state index contributed by atoms with van der Waals surface area (Å²) in [6, 6.07) is 5.08. The van der Waals surface area contributed by atoms with Crippen LogP contribution in [0.25, 0.3) is 10.2 Å². The molecule has 3 N–H and O–H groups in total. The quantitative estimate of drug-likeness (QED) is 0.626. The molecule has 30 heavy (non-hydrogen) atoms. The third kappa shape index (κ3) is 3.91. The van der Waals surface area contributed by atoms with Crippen LogP contribution < -0.4 is 11.1 Å². The van der Waals surface area contributed by atoms with Gasteiger partial charge in [0.1, 0.15) is 9.71 Å². The fraction of sp³-hybridized carbons (Fsp3) is 0.316. The van der Waals surface area contributed by atoms with Gasteiger partial charge in [0.2, 0.25) is 0 Å². The number of aryl methyl sites for hydroxylation is 2. The number of nitrogens with one attached hydrogen (secondary N) is 1. The van der Waals surface area contributed by atoms with Crippen LogP contribution in [0.3, 0.4) is 0 Å². The van der Waals surface area contributed by atoms with Gasteiger partial charge in [0, 0.05) is 16.8 Å². The molecule has 1 aliphatic carbocycles. The first kappa shape index (κ1) is 20.7. The average molecular weight is 454 g/mol. The van der Waals surface area contributed by atoms with Gasteiger partial charge in [-0.1, -0.05) is 12.1 Å². The van der Waals surface area contributed by atoms with Crippen molar-refractivity contribution in [1.29, 1.82) is 0 Å². The Morgan fingerprint density at radius 1 is 1.17 bits per heavy atom. The van der Waals surface area contributed by atoms with Crippen molar-refractivity contribution in [3.05, 3.63) is 46.0 Å². The zero-order chi connectivity index (χ0) is 21.5. The average Bonchev–Trinajstić information content (AvgIpc) is 3.08. The first-order chi connectivity index (χ1) is 14.3. The van der Waals surface area contributed by atoms with Gasteiger partial charge in [0.05, 0.1) is 11.4 Å². The molecule has 158 valence electrons. The molecule has 1 atom stereocenters. The van der Waals surface area contributed by atoms with Gasteiger partial charge in [0.15, 0.2) is 10.8 Å². The molecule has 0 fully saturated rings. The lowest BCUT2D eigenvalue weighted by molar-refractivity contribution is -0.0384. The van der Waals surface area contributed by atoms with Crippen molar-refractivity contribution >= 4 is 43.9 Å². The number of rotatable bonds is 4. The fourth-order valence-electron chi connectivity index (χ4n) is 3.46. The summed E-state index contributed by atoms with van der Waals surface area (Å²) in [6.45, 7) is 0.0925. The lowest BCUT2D eigenvalue weighted by atomic mass is 9.94. The molecule has 0 aliphatic heterocycles. The molecule has 2 aromatic heterocycles. The molecule has 1 amide bonds. The van der Waals surface area contributed by atoms with Gasteiger partial charge in [-0.3, -0.25) is 4.79 Å². The number of nitrogens with zero attached hydrogens (tertiary/aromatic N) is 2. The van der Waals surface area contributed by atoms with E-state index in [4.69, 9.17) is 5.73 Å². The van der Waals surface area contributed by atoms with E-state index in [0.29, 0.717) is 21.0 Å². The van der Waals surface area contributed by atoms with Crippen molar-refractivity contribution in [2.24, 2.45) is 0 Å². The summed E-state index contributed by atoms with van der Waals surface area (Å²) in [5, 5.41) is 12.0. The van der Waals surface area contributed by atoms with Gasteiger partial charge in [-0.25, -0.2) is 4.21 Å². The first-order valence-corrected chi connectivity index (χ1v) is 11.1. The highest BCUT2D eigenvalue weighted by Crippen LogP contribution is 2.37. The zero-order valence-corrected chi connectivity index (χ0v) is 17.2. The van der Waals surface area contributed by atoms with Crippen LogP contribution in [-0.4, -0.2) is 25.8 Å². The molecular weight excluding hydrogens is 437 g/mol. The van der Waals surface area contributed by atoms with E-state index in [0.717, 1.165) is 54.5 Å². The Bertz CT molecular complexity index is 1140. The van der Waals surface area contributed by atoms with Gasteiger partial charge >= 0.3 is 5.51 Å². The highest BCUT2D eigenvalue weighted by atomic mass is 32.2. The lowest BCUT2D eigenvalue weighted by Crippen LogP contribution is -2.22.